The lowest BCUT2D eigenvalue weighted by Gasteiger charge is -2.37. The highest BCUT2D eigenvalue weighted by molar-refractivity contribution is 8.00. The molecule has 0 aromatic heterocycles. The number of hydrogen-bond donors (Lipinski definition) is 1. The second kappa shape index (κ2) is 3.40. The van der Waals surface area contributed by atoms with Crippen LogP contribution in [0.1, 0.15) is 47.5 Å². The second-order valence-electron chi connectivity index (χ2n) is 6.50. The summed E-state index contributed by atoms with van der Waals surface area (Å²) in [6.45, 7) is 11.2. The fourth-order valence-electron chi connectivity index (χ4n) is 3.32. The third-order valence-corrected chi connectivity index (χ3v) is 6.09. The Morgan fingerprint density at radius 2 is 1.80 bits per heavy atom. The minimum atomic E-state index is -0.441. The number of thioether (sulfide) groups is 1. The summed E-state index contributed by atoms with van der Waals surface area (Å²) in [6, 6.07) is 0. The molecule has 4 atom stereocenters. The molecule has 0 heterocycles. The van der Waals surface area contributed by atoms with Gasteiger partial charge >= 0.3 is 0 Å². The van der Waals surface area contributed by atoms with E-state index in [0.29, 0.717) is 15.9 Å². The predicted octanol–water partition coefficient (Wildman–Crippen LogP) is 3.31. The molecule has 2 aliphatic carbocycles. The van der Waals surface area contributed by atoms with Gasteiger partial charge in [0.1, 0.15) is 0 Å². The summed E-state index contributed by atoms with van der Waals surface area (Å²) >= 11 is 1.96. The van der Waals surface area contributed by atoms with Crippen molar-refractivity contribution in [2.75, 3.05) is 0 Å². The smallest absolute Gasteiger partial charge is 0.0741 e. The van der Waals surface area contributed by atoms with Crippen molar-refractivity contribution in [2.24, 2.45) is 17.3 Å². The first-order chi connectivity index (χ1) is 6.75. The zero-order valence-corrected chi connectivity index (χ0v) is 11.4. The molecule has 2 heteroatoms. The lowest BCUT2D eigenvalue weighted by Crippen LogP contribution is -2.41. The molecule has 4 unspecified atom stereocenters. The summed E-state index contributed by atoms with van der Waals surface area (Å²) in [4.78, 5) is 0. The Hall–Kier alpha value is 0.310. The lowest BCUT2D eigenvalue weighted by molar-refractivity contribution is 0.0243. The van der Waals surface area contributed by atoms with E-state index in [4.69, 9.17) is 0 Å². The van der Waals surface area contributed by atoms with Crippen molar-refractivity contribution in [1.82, 2.24) is 0 Å². The summed E-state index contributed by atoms with van der Waals surface area (Å²) in [5, 5.41) is 11.6. The average molecular weight is 228 g/mol. The van der Waals surface area contributed by atoms with Gasteiger partial charge in [-0.05, 0) is 42.3 Å². The number of fused-ring (bicyclic) bond motifs is 1. The van der Waals surface area contributed by atoms with Crippen LogP contribution in [0.3, 0.4) is 0 Å². The normalized spacial score (nSPS) is 47.8. The first-order valence-electron chi connectivity index (χ1n) is 6.13. The minimum absolute atomic E-state index is 0.441. The van der Waals surface area contributed by atoms with E-state index in [1.54, 1.807) is 0 Å². The Kier molecular flexibility index (Phi) is 2.67. The Balaban J connectivity index is 2.06. The molecule has 0 aliphatic heterocycles. The molecule has 2 saturated carbocycles. The van der Waals surface area contributed by atoms with E-state index in [2.05, 4.69) is 27.7 Å². The van der Waals surface area contributed by atoms with Crippen molar-refractivity contribution in [3.8, 4) is 0 Å². The van der Waals surface area contributed by atoms with Gasteiger partial charge in [-0.3, -0.25) is 0 Å². The zero-order chi connectivity index (χ0) is 11.4. The fourth-order valence-corrected chi connectivity index (χ4v) is 4.69. The van der Waals surface area contributed by atoms with E-state index in [-0.39, 0.29) is 0 Å². The molecule has 0 aromatic carbocycles. The molecule has 0 bridgehead atoms. The molecule has 0 saturated heterocycles. The van der Waals surface area contributed by atoms with Crippen molar-refractivity contribution in [3.05, 3.63) is 0 Å². The van der Waals surface area contributed by atoms with Crippen LogP contribution in [0.4, 0.5) is 0 Å². The van der Waals surface area contributed by atoms with Crippen LogP contribution in [-0.2, 0) is 0 Å². The maximum absolute atomic E-state index is 10.5. The van der Waals surface area contributed by atoms with Gasteiger partial charge in [0.2, 0.25) is 0 Å². The molecule has 2 rings (SSSR count). The summed E-state index contributed by atoms with van der Waals surface area (Å²) in [6.07, 6.45) is 2.22. The van der Waals surface area contributed by atoms with E-state index in [9.17, 15) is 5.11 Å². The van der Waals surface area contributed by atoms with Crippen molar-refractivity contribution < 1.29 is 5.11 Å². The van der Waals surface area contributed by atoms with Gasteiger partial charge in [0.05, 0.1) is 5.60 Å². The Morgan fingerprint density at radius 3 is 2.33 bits per heavy atom. The SMILES string of the molecule is CC(C)SC1CC2C(CC1(C)O)C2(C)C. The summed E-state index contributed by atoms with van der Waals surface area (Å²) in [5.41, 5.74) is 0.0557. The monoisotopic (exact) mass is 228 g/mol. The first-order valence-corrected chi connectivity index (χ1v) is 7.07. The third kappa shape index (κ3) is 1.95. The van der Waals surface area contributed by atoms with Gasteiger partial charge in [-0.1, -0.05) is 27.7 Å². The minimum Gasteiger partial charge on any atom is -0.389 e. The molecule has 1 N–H and O–H groups in total. The molecule has 0 radical (unpaired) electrons. The molecular weight excluding hydrogens is 204 g/mol. The predicted molar refractivity (Wildman–Crippen MR) is 67.1 cm³/mol. The lowest BCUT2D eigenvalue weighted by atomic mass is 9.86. The third-order valence-electron chi connectivity index (χ3n) is 4.52. The Bertz CT molecular complexity index is 257. The average Bonchev–Trinajstić information content (AvgIpc) is 2.52. The molecule has 0 spiro atoms. The van der Waals surface area contributed by atoms with Crippen LogP contribution in [0.25, 0.3) is 0 Å². The molecule has 2 aliphatic rings. The van der Waals surface area contributed by atoms with Crippen LogP contribution in [0, 0.1) is 17.3 Å². The maximum atomic E-state index is 10.5. The Labute approximate surface area is 98.0 Å². The molecule has 88 valence electrons. The van der Waals surface area contributed by atoms with Gasteiger partial charge < -0.3 is 5.11 Å². The van der Waals surface area contributed by atoms with Crippen molar-refractivity contribution in [3.63, 3.8) is 0 Å². The van der Waals surface area contributed by atoms with Gasteiger partial charge in [0, 0.05) is 5.25 Å². The molecule has 0 amide bonds. The van der Waals surface area contributed by atoms with Crippen LogP contribution in [0.5, 0.6) is 0 Å². The van der Waals surface area contributed by atoms with E-state index >= 15 is 0 Å². The van der Waals surface area contributed by atoms with E-state index in [1.165, 1.54) is 6.42 Å². The van der Waals surface area contributed by atoms with Crippen molar-refractivity contribution in [1.29, 1.82) is 0 Å². The highest BCUT2D eigenvalue weighted by atomic mass is 32.2. The standard InChI is InChI=1S/C13H24OS/c1-8(2)15-11-6-9-10(12(9,3)4)7-13(11,5)14/h8-11,14H,6-7H2,1-5H3. The summed E-state index contributed by atoms with van der Waals surface area (Å²) < 4.78 is 0. The second-order valence-corrected chi connectivity index (χ2v) is 8.29. The van der Waals surface area contributed by atoms with Crippen LogP contribution in [0.15, 0.2) is 0 Å². The highest BCUT2D eigenvalue weighted by Gasteiger charge is 2.63. The molecule has 2 fully saturated rings. The number of rotatable bonds is 2. The van der Waals surface area contributed by atoms with Crippen molar-refractivity contribution in [2.45, 2.75) is 63.6 Å². The molecule has 0 aromatic rings. The van der Waals surface area contributed by atoms with Gasteiger partial charge in [-0.2, -0.15) is 11.8 Å². The Morgan fingerprint density at radius 1 is 1.20 bits per heavy atom. The zero-order valence-electron chi connectivity index (χ0n) is 10.6. The van der Waals surface area contributed by atoms with Crippen LogP contribution in [-0.4, -0.2) is 21.2 Å². The largest absolute Gasteiger partial charge is 0.389 e. The van der Waals surface area contributed by atoms with Crippen molar-refractivity contribution >= 4 is 11.8 Å². The molecule has 15 heavy (non-hydrogen) atoms. The maximum Gasteiger partial charge on any atom is 0.0741 e. The van der Waals surface area contributed by atoms with E-state index < -0.39 is 5.60 Å². The first kappa shape index (κ1) is 11.8. The van der Waals surface area contributed by atoms with Gasteiger partial charge in [0.15, 0.2) is 0 Å². The quantitative estimate of drug-likeness (QED) is 0.782. The highest BCUT2D eigenvalue weighted by Crippen LogP contribution is 2.67. The summed E-state index contributed by atoms with van der Waals surface area (Å²) in [5.74, 6) is 1.64. The molecule has 1 nitrogen and oxygen atoms in total. The number of aliphatic hydroxyl groups is 1. The van der Waals surface area contributed by atoms with Gasteiger partial charge in [-0.15, -0.1) is 0 Å². The van der Waals surface area contributed by atoms with Gasteiger partial charge in [0.25, 0.3) is 0 Å². The number of hydrogen-bond acceptors (Lipinski definition) is 2. The van der Waals surface area contributed by atoms with Crippen LogP contribution >= 0.6 is 11.8 Å². The molecular formula is C13H24OS. The van der Waals surface area contributed by atoms with E-state index in [1.807, 2.05) is 18.7 Å². The fraction of sp³-hybridized carbons (Fsp3) is 1.00. The topological polar surface area (TPSA) is 20.2 Å². The van der Waals surface area contributed by atoms with Crippen LogP contribution in [0.2, 0.25) is 0 Å². The van der Waals surface area contributed by atoms with E-state index in [0.717, 1.165) is 18.3 Å². The summed E-state index contributed by atoms with van der Waals surface area (Å²) in [7, 11) is 0. The van der Waals surface area contributed by atoms with Gasteiger partial charge in [-0.25, -0.2) is 0 Å². The van der Waals surface area contributed by atoms with Crippen LogP contribution < -0.4 is 0 Å².